The molecule has 2 unspecified atom stereocenters. The number of thioether (sulfide) groups is 1. The van der Waals surface area contributed by atoms with E-state index in [0.29, 0.717) is 0 Å². The largest absolute Gasteiger partial charge is 0.351 e. The number of carbonyl (C=O) groups is 1. The van der Waals surface area contributed by atoms with Crippen molar-refractivity contribution in [3.8, 4) is 0 Å². The maximum atomic E-state index is 12.0. The summed E-state index contributed by atoms with van der Waals surface area (Å²) < 4.78 is 0. The Labute approximate surface area is 109 Å². The van der Waals surface area contributed by atoms with Gasteiger partial charge in [0.1, 0.15) is 0 Å². The second-order valence-electron chi connectivity index (χ2n) is 4.55. The van der Waals surface area contributed by atoms with E-state index in [1.807, 2.05) is 6.92 Å². The van der Waals surface area contributed by atoms with E-state index in [-0.39, 0.29) is 29.9 Å². The summed E-state index contributed by atoms with van der Waals surface area (Å²) in [6, 6.07) is 0.257. The van der Waals surface area contributed by atoms with E-state index in [9.17, 15) is 4.79 Å². The normalized spacial score (nSPS) is 26.7. The maximum absolute atomic E-state index is 12.0. The fraction of sp³-hybridized carbons (Fsp3) is 0.909. The summed E-state index contributed by atoms with van der Waals surface area (Å²) in [7, 11) is 0. The Balaban J connectivity index is 0.00000225. The minimum absolute atomic E-state index is 0. The van der Waals surface area contributed by atoms with Gasteiger partial charge in [0, 0.05) is 11.8 Å². The molecule has 16 heavy (non-hydrogen) atoms. The minimum atomic E-state index is -0.342. The van der Waals surface area contributed by atoms with Gasteiger partial charge in [-0.25, -0.2) is 0 Å². The van der Waals surface area contributed by atoms with Gasteiger partial charge in [-0.15, -0.1) is 12.4 Å². The zero-order valence-electron chi connectivity index (χ0n) is 10.3. The fourth-order valence-corrected chi connectivity index (χ4v) is 2.51. The van der Waals surface area contributed by atoms with Crippen LogP contribution in [0.25, 0.3) is 0 Å². The zero-order chi connectivity index (χ0) is 11.3. The maximum Gasteiger partial charge on any atom is 0.240 e. The van der Waals surface area contributed by atoms with Crippen molar-refractivity contribution >= 4 is 30.1 Å². The van der Waals surface area contributed by atoms with Crippen molar-refractivity contribution in [3.63, 3.8) is 0 Å². The molecule has 0 aliphatic carbocycles. The number of rotatable bonds is 4. The highest BCUT2D eigenvalue weighted by Gasteiger charge is 2.34. The van der Waals surface area contributed by atoms with Crippen molar-refractivity contribution in [1.29, 1.82) is 0 Å². The van der Waals surface area contributed by atoms with E-state index in [1.165, 1.54) is 6.42 Å². The quantitative estimate of drug-likeness (QED) is 0.816. The highest BCUT2D eigenvalue weighted by Crippen LogP contribution is 2.18. The smallest absolute Gasteiger partial charge is 0.240 e. The van der Waals surface area contributed by atoms with Gasteiger partial charge in [-0.2, -0.15) is 11.8 Å². The van der Waals surface area contributed by atoms with E-state index in [4.69, 9.17) is 0 Å². The van der Waals surface area contributed by atoms with Crippen LogP contribution in [0.1, 0.15) is 33.1 Å². The predicted molar refractivity (Wildman–Crippen MR) is 73.5 cm³/mol. The van der Waals surface area contributed by atoms with Gasteiger partial charge in [0.25, 0.3) is 0 Å². The first-order valence-corrected chi connectivity index (χ1v) is 7.03. The highest BCUT2D eigenvalue weighted by molar-refractivity contribution is 7.98. The Morgan fingerprint density at radius 1 is 1.56 bits per heavy atom. The van der Waals surface area contributed by atoms with Gasteiger partial charge in [0.05, 0.1) is 5.54 Å². The minimum Gasteiger partial charge on any atom is -0.351 e. The molecule has 0 saturated carbocycles. The van der Waals surface area contributed by atoms with Gasteiger partial charge in [-0.05, 0) is 45.9 Å². The lowest BCUT2D eigenvalue weighted by Gasteiger charge is -2.34. The van der Waals surface area contributed by atoms with Crippen LogP contribution in [0.4, 0.5) is 0 Å². The molecule has 0 spiro atoms. The van der Waals surface area contributed by atoms with Gasteiger partial charge in [0.15, 0.2) is 0 Å². The van der Waals surface area contributed by atoms with E-state index >= 15 is 0 Å². The second-order valence-corrected chi connectivity index (χ2v) is 5.46. The Morgan fingerprint density at radius 3 is 2.75 bits per heavy atom. The van der Waals surface area contributed by atoms with Crippen molar-refractivity contribution in [2.75, 3.05) is 18.6 Å². The number of halogens is 1. The molecule has 0 radical (unpaired) electrons. The van der Waals surface area contributed by atoms with Crippen molar-refractivity contribution in [2.24, 2.45) is 0 Å². The number of amides is 1. The summed E-state index contributed by atoms with van der Waals surface area (Å²) in [6.07, 6.45) is 5.34. The molecule has 1 amide bonds. The van der Waals surface area contributed by atoms with Crippen LogP contribution in [-0.4, -0.2) is 36.0 Å². The molecule has 0 bridgehead atoms. The third kappa shape index (κ3) is 4.52. The summed E-state index contributed by atoms with van der Waals surface area (Å²) in [5.41, 5.74) is -0.342. The van der Waals surface area contributed by atoms with Crippen LogP contribution in [-0.2, 0) is 4.79 Å². The van der Waals surface area contributed by atoms with Crippen molar-refractivity contribution < 1.29 is 4.79 Å². The third-order valence-electron chi connectivity index (χ3n) is 2.91. The Hall–Kier alpha value is 0.0700. The summed E-state index contributed by atoms with van der Waals surface area (Å²) in [5.74, 6) is 1.13. The van der Waals surface area contributed by atoms with Gasteiger partial charge in [0.2, 0.25) is 5.91 Å². The summed E-state index contributed by atoms with van der Waals surface area (Å²) in [6.45, 7) is 5.02. The van der Waals surface area contributed by atoms with E-state index < -0.39 is 0 Å². The molecule has 1 heterocycles. The van der Waals surface area contributed by atoms with E-state index in [0.717, 1.165) is 25.1 Å². The number of nitrogens with one attached hydrogen (secondary N) is 2. The van der Waals surface area contributed by atoms with Crippen molar-refractivity contribution in [1.82, 2.24) is 10.6 Å². The molecule has 3 nitrogen and oxygen atoms in total. The molecule has 2 N–H and O–H groups in total. The molecule has 96 valence electrons. The molecule has 1 saturated heterocycles. The molecule has 0 aromatic carbocycles. The monoisotopic (exact) mass is 266 g/mol. The van der Waals surface area contributed by atoms with Crippen LogP contribution in [0, 0.1) is 0 Å². The molecule has 1 aliphatic rings. The van der Waals surface area contributed by atoms with Gasteiger partial charge in [-0.3, -0.25) is 4.79 Å². The predicted octanol–water partition coefficient (Wildman–Crippen LogP) is 1.81. The summed E-state index contributed by atoms with van der Waals surface area (Å²) in [4.78, 5) is 12.0. The average Bonchev–Trinajstić information content (AvgIpc) is 2.19. The highest BCUT2D eigenvalue weighted by atomic mass is 35.5. The lowest BCUT2D eigenvalue weighted by atomic mass is 9.90. The Bertz CT molecular complexity index is 220. The lowest BCUT2D eigenvalue weighted by molar-refractivity contribution is -0.128. The summed E-state index contributed by atoms with van der Waals surface area (Å²) in [5, 5.41) is 6.39. The Morgan fingerprint density at radius 2 is 2.25 bits per heavy atom. The molecule has 1 fully saturated rings. The molecule has 2 atom stereocenters. The average molecular weight is 267 g/mol. The first-order valence-electron chi connectivity index (χ1n) is 5.63. The Kier molecular flexibility index (Phi) is 7.44. The van der Waals surface area contributed by atoms with Crippen LogP contribution in [0.5, 0.6) is 0 Å². The molecule has 5 heteroatoms. The first-order chi connectivity index (χ1) is 7.08. The standard InChI is InChI=1S/C11H22N2OS.ClH/c1-9(8-15-3)13-10(14)11(2)6-4-5-7-12-11;/h9,12H,4-8H2,1-3H3,(H,13,14);1H. The second kappa shape index (κ2) is 7.41. The number of hydrogen-bond donors (Lipinski definition) is 2. The van der Waals surface area contributed by atoms with Crippen LogP contribution in [0.15, 0.2) is 0 Å². The number of hydrogen-bond acceptors (Lipinski definition) is 3. The number of carbonyl (C=O) groups excluding carboxylic acids is 1. The summed E-state index contributed by atoms with van der Waals surface area (Å²) >= 11 is 1.76. The fourth-order valence-electron chi connectivity index (χ4n) is 1.92. The van der Waals surface area contributed by atoms with E-state index in [2.05, 4.69) is 23.8 Å². The topological polar surface area (TPSA) is 41.1 Å². The molecular weight excluding hydrogens is 244 g/mol. The lowest BCUT2D eigenvalue weighted by Crippen LogP contribution is -2.58. The molecule has 1 aliphatic heterocycles. The first kappa shape index (κ1) is 16.1. The van der Waals surface area contributed by atoms with Crippen molar-refractivity contribution in [3.05, 3.63) is 0 Å². The van der Waals surface area contributed by atoms with Crippen LogP contribution >= 0.6 is 24.2 Å². The van der Waals surface area contributed by atoms with Gasteiger partial charge >= 0.3 is 0 Å². The molecule has 1 rings (SSSR count). The molecular formula is C11H23ClN2OS. The molecule has 0 aromatic heterocycles. The molecule has 0 aromatic rings. The third-order valence-corrected chi connectivity index (χ3v) is 3.75. The SMILES string of the molecule is CSCC(C)NC(=O)C1(C)CCCCN1.Cl. The van der Waals surface area contributed by atoms with Gasteiger partial charge in [-0.1, -0.05) is 0 Å². The van der Waals surface area contributed by atoms with Crippen LogP contribution in [0.2, 0.25) is 0 Å². The van der Waals surface area contributed by atoms with Crippen LogP contribution in [0.3, 0.4) is 0 Å². The van der Waals surface area contributed by atoms with E-state index in [1.54, 1.807) is 11.8 Å². The van der Waals surface area contributed by atoms with Crippen molar-refractivity contribution in [2.45, 2.75) is 44.7 Å². The zero-order valence-corrected chi connectivity index (χ0v) is 12.0. The van der Waals surface area contributed by atoms with Crippen LogP contribution < -0.4 is 10.6 Å². The van der Waals surface area contributed by atoms with Gasteiger partial charge < -0.3 is 10.6 Å². The number of piperidine rings is 1.